The molecule has 2 aromatic heterocycles. The van der Waals surface area contributed by atoms with Crippen LogP contribution in [0.5, 0.6) is 0 Å². The Morgan fingerprint density at radius 1 is 1.09 bits per heavy atom. The minimum atomic E-state index is -3.80. The third-order valence-electron chi connectivity index (χ3n) is 5.78. The minimum absolute atomic E-state index is 0.0856. The summed E-state index contributed by atoms with van der Waals surface area (Å²) in [5.74, 6) is 0. The van der Waals surface area contributed by atoms with E-state index in [4.69, 9.17) is 5.14 Å². The maximum atomic E-state index is 11.6. The molecule has 4 rings (SSSR count). The van der Waals surface area contributed by atoms with Crippen LogP contribution in [0, 0.1) is 0 Å². The number of fused-ring (bicyclic) bond motifs is 1. The summed E-state index contributed by atoms with van der Waals surface area (Å²) >= 11 is 0. The number of hydrogen-bond donors (Lipinski definition) is 2. The zero-order chi connectivity index (χ0) is 23.1. The lowest BCUT2D eigenvalue weighted by molar-refractivity contribution is -0.756. The van der Waals surface area contributed by atoms with E-state index in [9.17, 15) is 8.42 Å². The molecule has 1 aromatic carbocycles. The summed E-state index contributed by atoms with van der Waals surface area (Å²) in [4.78, 5) is 16.4. The summed E-state index contributed by atoms with van der Waals surface area (Å²) in [5.41, 5.74) is 6.20. The Balaban J connectivity index is 1.61. The van der Waals surface area contributed by atoms with Crippen LogP contribution < -0.4 is 5.14 Å². The second kappa shape index (κ2) is 7.91. The highest BCUT2D eigenvalue weighted by atomic mass is 32.2. The lowest BCUT2D eigenvalue weighted by Gasteiger charge is -2.21. The normalized spacial score (nSPS) is 19.0. The molecular weight excluding hydrogens is 424 g/mol. The highest BCUT2D eigenvalue weighted by Gasteiger charge is 2.29. The Hall–Kier alpha value is -2.88. The number of sulfonamides is 1. The van der Waals surface area contributed by atoms with Crippen molar-refractivity contribution in [3.8, 4) is 11.3 Å². The molecule has 32 heavy (non-hydrogen) atoms. The first-order valence-corrected chi connectivity index (χ1v) is 12.1. The van der Waals surface area contributed by atoms with Crippen molar-refractivity contribution in [1.29, 1.82) is 0 Å². The van der Waals surface area contributed by atoms with Crippen molar-refractivity contribution in [1.82, 2.24) is 15.0 Å². The Bertz CT molecular complexity index is 1320. The van der Waals surface area contributed by atoms with Crippen LogP contribution in [-0.4, -0.2) is 47.8 Å². The Morgan fingerprint density at radius 3 is 2.41 bits per heavy atom. The average molecular weight is 454 g/mol. The molecule has 1 unspecified atom stereocenters. The van der Waals surface area contributed by atoms with Crippen LogP contribution in [0.2, 0.25) is 0 Å². The van der Waals surface area contributed by atoms with Crippen LogP contribution in [0.15, 0.2) is 52.9 Å². The molecule has 0 saturated carbocycles. The number of hydrogen-bond acceptors (Lipinski definition) is 5. The van der Waals surface area contributed by atoms with Crippen molar-refractivity contribution in [3.63, 3.8) is 0 Å². The summed E-state index contributed by atoms with van der Waals surface area (Å²) in [6.07, 6.45) is 8.13. The maximum Gasteiger partial charge on any atom is 0.261 e. The molecule has 3 N–H and O–H groups in total. The highest BCUT2D eigenvalue weighted by molar-refractivity contribution is 7.93. The zero-order valence-electron chi connectivity index (χ0n) is 18.8. The van der Waals surface area contributed by atoms with Gasteiger partial charge in [-0.1, -0.05) is 45.0 Å². The van der Waals surface area contributed by atoms with Crippen LogP contribution in [0.4, 0.5) is 0 Å². The van der Waals surface area contributed by atoms with Crippen LogP contribution >= 0.6 is 0 Å². The molecule has 0 spiro atoms. The van der Waals surface area contributed by atoms with Crippen LogP contribution in [0.25, 0.3) is 22.4 Å². The summed E-state index contributed by atoms with van der Waals surface area (Å²) in [6.45, 7) is 7.28. The molecule has 0 saturated heterocycles. The van der Waals surface area contributed by atoms with Gasteiger partial charge in [0.25, 0.3) is 10.0 Å². The molecule has 0 bridgehead atoms. The average Bonchev–Trinajstić information content (AvgIpc) is 3.29. The first-order chi connectivity index (χ1) is 15.0. The van der Waals surface area contributed by atoms with Crippen molar-refractivity contribution in [2.24, 2.45) is 10.1 Å². The van der Waals surface area contributed by atoms with Crippen molar-refractivity contribution >= 4 is 27.5 Å². The second-order valence-corrected chi connectivity index (χ2v) is 11.0. The first-order valence-electron chi connectivity index (χ1n) is 10.5. The first kappa shape index (κ1) is 22.3. The molecule has 3 aromatic rings. The van der Waals surface area contributed by atoms with Gasteiger partial charge in [0.05, 0.1) is 19.3 Å². The van der Waals surface area contributed by atoms with Gasteiger partial charge in [-0.25, -0.2) is 18.5 Å². The van der Waals surface area contributed by atoms with Crippen molar-refractivity contribution < 1.29 is 12.9 Å². The fraction of sp³-hybridized carbons (Fsp3) is 0.348. The standard InChI is InChI=1S/C23H29N6O2S/c1-23(2,3)17-9-7-16(8-10-17)20-18(21-22(28-20)26-12-11-25-21)6-5-13-29(4)14-19(27-15-29)32(24,30)31/h7-12,14-15H,5-6,13H2,1-4H3,(H,26,28)(H2,24,30,31)/q+1. The van der Waals surface area contributed by atoms with Crippen molar-refractivity contribution in [3.05, 3.63) is 59.0 Å². The van der Waals surface area contributed by atoms with E-state index in [0.29, 0.717) is 6.54 Å². The van der Waals surface area contributed by atoms with E-state index < -0.39 is 10.0 Å². The number of aliphatic imine (C=N–C) groups is 1. The number of rotatable bonds is 6. The molecule has 1 atom stereocenters. The predicted molar refractivity (Wildman–Crippen MR) is 127 cm³/mol. The third kappa shape index (κ3) is 4.50. The number of primary sulfonamides is 1. The van der Waals surface area contributed by atoms with Gasteiger partial charge in [0.2, 0.25) is 5.03 Å². The van der Waals surface area contributed by atoms with Gasteiger partial charge in [-0.05, 0) is 23.0 Å². The van der Waals surface area contributed by atoms with Gasteiger partial charge >= 0.3 is 0 Å². The van der Waals surface area contributed by atoms with E-state index in [-0.39, 0.29) is 14.9 Å². The van der Waals surface area contributed by atoms with Gasteiger partial charge in [-0.3, -0.25) is 9.47 Å². The van der Waals surface area contributed by atoms with Gasteiger partial charge in [0, 0.05) is 24.4 Å². The van der Waals surface area contributed by atoms with E-state index in [1.54, 1.807) is 24.9 Å². The summed E-state index contributed by atoms with van der Waals surface area (Å²) in [5, 5.41) is 5.13. The molecule has 3 heterocycles. The second-order valence-electron chi connectivity index (χ2n) is 9.49. The number of nitrogens with one attached hydrogen (secondary N) is 1. The number of nitrogens with two attached hydrogens (primary N) is 1. The number of nitrogens with zero attached hydrogens (tertiary/aromatic N) is 4. The van der Waals surface area contributed by atoms with Gasteiger partial charge < -0.3 is 4.98 Å². The SMILES string of the molecule is CC(C)(C)c1ccc(-c2[nH]c3nccnc3c2CCC[N+]2(C)C=NC(S(N)(=O)=O)=C2)cc1. The molecular formula is C23H29N6O2S+. The number of benzene rings is 1. The number of aromatic nitrogens is 3. The lowest BCUT2D eigenvalue weighted by Crippen LogP contribution is -2.36. The molecule has 0 aliphatic carbocycles. The van der Waals surface area contributed by atoms with E-state index in [1.165, 1.54) is 5.56 Å². The lowest BCUT2D eigenvalue weighted by atomic mass is 9.86. The number of quaternary nitrogens is 1. The molecule has 0 fully saturated rings. The fourth-order valence-corrected chi connectivity index (χ4v) is 4.54. The van der Waals surface area contributed by atoms with E-state index in [2.05, 4.69) is 65.0 Å². The molecule has 1 aliphatic heterocycles. The smallest absolute Gasteiger partial charge is 0.261 e. The van der Waals surface area contributed by atoms with Crippen molar-refractivity contribution in [2.45, 2.75) is 39.0 Å². The van der Waals surface area contributed by atoms with Crippen LogP contribution in [-0.2, 0) is 21.9 Å². The fourth-order valence-electron chi connectivity index (χ4n) is 3.96. The van der Waals surface area contributed by atoms with Gasteiger partial charge in [-0.15, -0.1) is 0 Å². The number of H-pyrrole nitrogens is 1. The molecule has 0 radical (unpaired) electrons. The van der Waals surface area contributed by atoms with E-state index in [1.807, 2.05) is 7.05 Å². The molecule has 168 valence electrons. The van der Waals surface area contributed by atoms with Crippen LogP contribution in [0.3, 0.4) is 0 Å². The monoisotopic (exact) mass is 453 g/mol. The largest absolute Gasteiger partial charge is 0.338 e. The quantitative estimate of drug-likeness (QED) is 0.557. The molecule has 8 nitrogen and oxygen atoms in total. The molecule has 0 amide bonds. The summed E-state index contributed by atoms with van der Waals surface area (Å²) in [6, 6.07) is 8.60. The van der Waals surface area contributed by atoms with Crippen LogP contribution in [0.1, 0.15) is 38.3 Å². The van der Waals surface area contributed by atoms with E-state index >= 15 is 0 Å². The third-order valence-corrected chi connectivity index (χ3v) is 6.58. The van der Waals surface area contributed by atoms with E-state index in [0.717, 1.165) is 40.8 Å². The van der Waals surface area contributed by atoms with Crippen molar-refractivity contribution in [2.75, 3.05) is 13.6 Å². The maximum absolute atomic E-state index is 11.6. The highest BCUT2D eigenvalue weighted by Crippen LogP contribution is 2.32. The number of aryl methyl sites for hydroxylation is 1. The molecule has 1 aliphatic rings. The summed E-state index contributed by atoms with van der Waals surface area (Å²) in [7, 11) is -1.90. The minimum Gasteiger partial charge on any atom is -0.338 e. The zero-order valence-corrected chi connectivity index (χ0v) is 19.6. The summed E-state index contributed by atoms with van der Waals surface area (Å²) < 4.78 is 23.5. The topological polar surface area (TPSA) is 114 Å². The Labute approximate surface area is 188 Å². The molecule has 9 heteroatoms. The van der Waals surface area contributed by atoms with Gasteiger partial charge in [-0.2, -0.15) is 4.99 Å². The van der Waals surface area contributed by atoms with Gasteiger partial charge in [0.1, 0.15) is 11.7 Å². The van der Waals surface area contributed by atoms with Gasteiger partial charge in [0.15, 0.2) is 12.0 Å². The Kier molecular flexibility index (Phi) is 5.52. The Morgan fingerprint density at radius 2 is 1.78 bits per heavy atom. The predicted octanol–water partition coefficient (Wildman–Crippen LogP) is 3.43. The number of aromatic amines is 1.